The van der Waals surface area contributed by atoms with Crippen LogP contribution < -0.4 is 0 Å². The molecule has 0 N–H and O–H groups in total. The molecule has 9 aromatic carbocycles. The van der Waals surface area contributed by atoms with Crippen molar-refractivity contribution in [2.75, 3.05) is 0 Å². The predicted molar refractivity (Wildman–Crippen MR) is 413 cm³/mol. The van der Waals surface area contributed by atoms with Gasteiger partial charge < -0.3 is 0 Å². The molecule has 0 fully saturated rings. The van der Waals surface area contributed by atoms with Crippen molar-refractivity contribution in [2.24, 2.45) is 0 Å². The fraction of sp³-hybridized carbons (Fsp3) is 0.297. The zero-order valence-electron chi connectivity index (χ0n) is 57.2. The number of nitrogens with zero attached hydrogens (tertiary/aromatic N) is 4. The summed E-state index contributed by atoms with van der Waals surface area (Å²) < 4.78 is 10.0. The van der Waals surface area contributed by atoms with Crippen molar-refractivity contribution < 1.29 is 0 Å². The fourth-order valence-corrected chi connectivity index (χ4v) is 17.0. The molecule has 96 heavy (non-hydrogen) atoms. The highest BCUT2D eigenvalue weighted by atomic mass is 32.1. The summed E-state index contributed by atoms with van der Waals surface area (Å²) in [6.07, 6.45) is 33.4. The van der Waals surface area contributed by atoms with Gasteiger partial charge in [-0.25, -0.2) is 9.97 Å². The van der Waals surface area contributed by atoms with E-state index < -0.39 is 0 Å². The van der Waals surface area contributed by atoms with Crippen molar-refractivity contribution in [3.63, 3.8) is 0 Å². The highest BCUT2D eigenvalue weighted by molar-refractivity contribution is 7.00. The van der Waals surface area contributed by atoms with Gasteiger partial charge in [0.05, 0.1) is 34.1 Å². The number of fused-ring (bicyclic) bond motifs is 9. The summed E-state index contributed by atoms with van der Waals surface area (Å²) in [4.78, 5) is 10.5. The van der Waals surface area contributed by atoms with Gasteiger partial charge in [0.1, 0.15) is 11.0 Å². The number of para-hydroxylation sites is 2. The zero-order chi connectivity index (χ0) is 65.4. The van der Waals surface area contributed by atoms with Crippen molar-refractivity contribution in [1.82, 2.24) is 18.7 Å². The lowest BCUT2D eigenvalue weighted by molar-refractivity contribution is 0.401. The maximum atomic E-state index is 5.25. The molecule has 12 aromatic rings. The number of rotatable bonds is 28. The Morgan fingerprint density at radius 3 is 1.12 bits per heavy atom. The molecule has 0 saturated heterocycles. The van der Waals surface area contributed by atoms with E-state index in [0.717, 1.165) is 86.6 Å². The van der Waals surface area contributed by atoms with Crippen LogP contribution in [-0.4, -0.2) is 18.7 Å². The number of aromatic nitrogens is 4. The van der Waals surface area contributed by atoms with Gasteiger partial charge in [-0.3, -0.25) is 0 Å². The van der Waals surface area contributed by atoms with Gasteiger partial charge in [0.15, 0.2) is 0 Å². The Balaban J connectivity index is 0.973. The van der Waals surface area contributed by atoms with Crippen LogP contribution in [0.5, 0.6) is 0 Å². The van der Waals surface area contributed by atoms with Crippen LogP contribution in [0.2, 0.25) is 0 Å². The van der Waals surface area contributed by atoms with Crippen molar-refractivity contribution in [2.45, 2.75) is 174 Å². The molecule has 0 bridgehead atoms. The van der Waals surface area contributed by atoms with Crippen LogP contribution in [0, 0.1) is 6.92 Å². The molecule has 0 saturated carbocycles. The summed E-state index contributed by atoms with van der Waals surface area (Å²) in [5.41, 5.74) is 30.3. The van der Waals surface area contributed by atoms with Crippen LogP contribution in [0.1, 0.15) is 206 Å². The van der Waals surface area contributed by atoms with Crippen LogP contribution in [0.4, 0.5) is 0 Å². The third-order valence-electron chi connectivity index (χ3n) is 21.5. The van der Waals surface area contributed by atoms with Crippen LogP contribution in [-0.2, 0) is 10.8 Å². The second-order valence-corrected chi connectivity index (χ2v) is 28.3. The molecule has 482 valence electrons. The summed E-state index contributed by atoms with van der Waals surface area (Å²) in [6.45, 7) is 11.7. The van der Waals surface area contributed by atoms with E-state index in [4.69, 9.17) is 18.7 Å². The molecule has 5 heteroatoms. The molecule has 3 aromatic heterocycles. The molecular weight excluding hydrogens is 1180 g/mol. The Bertz CT molecular complexity index is 4790. The van der Waals surface area contributed by atoms with Gasteiger partial charge in [0.25, 0.3) is 0 Å². The molecule has 0 unspecified atom stereocenters. The third-order valence-corrected chi connectivity index (χ3v) is 22.0. The van der Waals surface area contributed by atoms with E-state index in [1.807, 2.05) is 0 Å². The van der Waals surface area contributed by atoms with Gasteiger partial charge in [-0.15, -0.1) is 0 Å². The molecular formula is C91H92N4S. The predicted octanol–water partition coefficient (Wildman–Crippen LogP) is 26.5. The highest BCUT2D eigenvalue weighted by Gasteiger charge is 2.44. The monoisotopic (exact) mass is 1270 g/mol. The molecule has 2 aliphatic rings. The first-order valence-corrected chi connectivity index (χ1v) is 37.2. The van der Waals surface area contributed by atoms with E-state index in [1.165, 1.54) is 198 Å². The lowest BCUT2D eigenvalue weighted by Gasteiger charge is -2.33. The summed E-state index contributed by atoms with van der Waals surface area (Å²) in [7, 11) is 0. The first-order chi connectivity index (χ1) is 47.3. The molecule has 4 nitrogen and oxygen atoms in total. The molecule has 2 aliphatic carbocycles. The molecule has 0 radical (unpaired) electrons. The molecule has 0 aliphatic heterocycles. The Morgan fingerprint density at radius 2 is 0.688 bits per heavy atom. The smallest absolute Gasteiger partial charge is 0.113 e. The molecule has 0 amide bonds. The van der Waals surface area contributed by atoms with Gasteiger partial charge in [-0.1, -0.05) is 294 Å². The summed E-state index contributed by atoms with van der Waals surface area (Å²) in [5.74, 6) is 0. The first-order valence-electron chi connectivity index (χ1n) is 36.4. The normalized spacial score (nSPS) is 13.6. The first kappa shape index (κ1) is 64.4. The summed E-state index contributed by atoms with van der Waals surface area (Å²) in [6, 6.07) is 75.9. The summed E-state index contributed by atoms with van der Waals surface area (Å²) >= 11 is 1.32. The lowest BCUT2D eigenvalue weighted by atomic mass is 9.69. The van der Waals surface area contributed by atoms with Crippen molar-refractivity contribution in [3.8, 4) is 66.8 Å². The minimum absolute atomic E-state index is 0.0663. The number of aryl methyl sites for hydroxylation is 1. The highest BCUT2D eigenvalue weighted by Crippen LogP contribution is 2.58. The van der Waals surface area contributed by atoms with Gasteiger partial charge in [-0.2, -0.15) is 8.75 Å². The minimum atomic E-state index is -0.197. The van der Waals surface area contributed by atoms with Crippen molar-refractivity contribution in [3.05, 3.63) is 251 Å². The Morgan fingerprint density at radius 1 is 0.312 bits per heavy atom. The maximum Gasteiger partial charge on any atom is 0.113 e. The van der Waals surface area contributed by atoms with Crippen molar-refractivity contribution in [1.29, 1.82) is 0 Å². The van der Waals surface area contributed by atoms with Gasteiger partial charge >= 0.3 is 0 Å². The maximum absolute atomic E-state index is 5.25. The van der Waals surface area contributed by atoms with Gasteiger partial charge in [0, 0.05) is 32.7 Å². The Hall–Kier alpha value is -8.90. The Labute approximate surface area is 575 Å². The lowest BCUT2D eigenvalue weighted by Crippen LogP contribution is -2.25. The van der Waals surface area contributed by atoms with E-state index in [-0.39, 0.29) is 10.8 Å². The largest absolute Gasteiger partial charge is 0.248 e. The van der Waals surface area contributed by atoms with E-state index in [1.54, 1.807) is 5.56 Å². The average molecular weight is 1270 g/mol. The zero-order valence-corrected chi connectivity index (χ0v) is 58.0. The second-order valence-electron chi connectivity index (χ2n) is 27.8. The van der Waals surface area contributed by atoms with Crippen molar-refractivity contribution >= 4 is 68.9 Å². The summed E-state index contributed by atoms with van der Waals surface area (Å²) in [5, 5.41) is 2.29. The molecule has 14 rings (SSSR count). The van der Waals surface area contributed by atoms with E-state index in [9.17, 15) is 0 Å². The molecule has 0 atom stereocenters. The van der Waals surface area contributed by atoms with E-state index in [2.05, 4.69) is 259 Å². The third kappa shape index (κ3) is 12.9. The minimum Gasteiger partial charge on any atom is -0.248 e. The van der Waals surface area contributed by atoms with Crippen LogP contribution in [0.3, 0.4) is 0 Å². The molecule has 3 heterocycles. The SMILES string of the molecule is CCCCCCC1(CCCCCC)c2cc(C)ccc2-c2ccc(-c3cc(/C=C/c4ccc5ccccc5n4)c(-c4ccc5c(c4)C(CCCCCC)(CCCCCC)c4cc(-c6ccc(-c7ccccc7)c7nsnc67)ccc4-5)cc3/C=C\c3ccc4ccccc4n3)cc21. The number of hydrogen-bond acceptors (Lipinski definition) is 5. The Kier molecular flexibility index (Phi) is 19.6. The topological polar surface area (TPSA) is 51.6 Å². The molecule has 0 spiro atoms. The van der Waals surface area contributed by atoms with Crippen LogP contribution >= 0.6 is 11.7 Å². The van der Waals surface area contributed by atoms with Crippen LogP contribution in [0.15, 0.2) is 200 Å². The number of unbranched alkanes of at least 4 members (excludes halogenated alkanes) is 12. The number of hydrogen-bond donors (Lipinski definition) is 0. The average Bonchev–Trinajstić information content (AvgIpc) is 1.56. The fourth-order valence-electron chi connectivity index (χ4n) is 16.4. The second kappa shape index (κ2) is 29.2. The van der Waals surface area contributed by atoms with Gasteiger partial charge in [0.2, 0.25) is 0 Å². The number of pyridine rings is 2. The van der Waals surface area contributed by atoms with E-state index >= 15 is 0 Å². The quantitative estimate of drug-likeness (QED) is 0.0459. The standard InChI is InChI=1S/C91H92N4S/c1-6-10-14-25-53-90(54-26-15-11-7-2)82-57-63(5)35-47-76(82)77-49-41-70(61-84(77)90)80-58-68(39-46-73-44-37-66-32-22-24-34-87(66)93-73)81(59-67(80)38-45-72-43-36-65-31-21-23-33-86(65)92-72)71-42-50-79-78-48-40-69(75-52-51-74(64-29-19-18-20-30-64)88-89(75)95-96-94-88)60-83(78)91(85(79)62-71,55-27-16-12-8-3)56-28-17-13-9-4/h18-24,29-52,57-62H,6-17,25-28,53-56H2,1-5H3/b45-38-,46-39+. The van der Waals surface area contributed by atoms with E-state index in [0.29, 0.717) is 0 Å². The van der Waals surface area contributed by atoms with Gasteiger partial charge in [-0.05, 0) is 188 Å². The van der Waals surface area contributed by atoms with Crippen LogP contribution in [0.25, 0.3) is 124 Å². The number of benzene rings is 9.